The smallest absolute Gasteiger partial charge is 0.278 e. The molecule has 0 saturated carbocycles. The lowest BCUT2D eigenvalue weighted by molar-refractivity contribution is -0.119. The van der Waals surface area contributed by atoms with Crippen LogP contribution in [0.15, 0.2) is 76.1 Å². The molecule has 3 aromatic carbocycles. The van der Waals surface area contributed by atoms with E-state index in [1.54, 1.807) is 42.5 Å². The molecular formula is C25H26BrNO5S. The zero-order valence-electron chi connectivity index (χ0n) is 18.7. The molecule has 0 spiro atoms. The van der Waals surface area contributed by atoms with E-state index in [0.29, 0.717) is 24.5 Å². The Bertz CT molecular complexity index is 1210. The van der Waals surface area contributed by atoms with Gasteiger partial charge in [0, 0.05) is 4.47 Å². The molecule has 6 nitrogen and oxygen atoms in total. The van der Waals surface area contributed by atoms with Gasteiger partial charge in [-0.1, -0.05) is 40.5 Å². The standard InChI is InChI=1S/C25H26BrNO5S/c1-4-19-16-20(26)8-15-24(19)32-17-25(28)27(21-9-11-22(12-10-21)31-5-2)33(29,30)23-13-6-18(3)7-14-23/h6-16H,4-5,17H2,1-3H3. The number of hydrogen-bond acceptors (Lipinski definition) is 5. The van der Waals surface area contributed by atoms with Gasteiger partial charge < -0.3 is 9.47 Å². The van der Waals surface area contributed by atoms with E-state index in [9.17, 15) is 13.2 Å². The molecule has 33 heavy (non-hydrogen) atoms. The van der Waals surface area contributed by atoms with E-state index in [2.05, 4.69) is 15.9 Å². The average Bonchev–Trinajstić information content (AvgIpc) is 2.79. The van der Waals surface area contributed by atoms with Gasteiger partial charge in [-0.25, -0.2) is 8.42 Å². The van der Waals surface area contributed by atoms with Crippen molar-refractivity contribution in [2.45, 2.75) is 32.1 Å². The van der Waals surface area contributed by atoms with Crippen LogP contribution in [0.5, 0.6) is 11.5 Å². The second-order valence-corrected chi connectivity index (χ2v) is 10.00. The number of amides is 1. The Labute approximate surface area is 203 Å². The Balaban J connectivity index is 1.95. The minimum atomic E-state index is -4.17. The largest absolute Gasteiger partial charge is 0.494 e. The summed E-state index contributed by atoms with van der Waals surface area (Å²) in [7, 11) is -4.17. The summed E-state index contributed by atoms with van der Waals surface area (Å²) in [5.74, 6) is 0.415. The van der Waals surface area contributed by atoms with Crippen LogP contribution in [0.3, 0.4) is 0 Å². The van der Waals surface area contributed by atoms with Crippen LogP contribution in [-0.2, 0) is 21.2 Å². The molecule has 8 heteroatoms. The van der Waals surface area contributed by atoms with Gasteiger partial charge in [0.25, 0.3) is 15.9 Å². The van der Waals surface area contributed by atoms with Gasteiger partial charge in [0.1, 0.15) is 11.5 Å². The number of aryl methyl sites for hydroxylation is 2. The van der Waals surface area contributed by atoms with Crippen LogP contribution in [-0.4, -0.2) is 27.5 Å². The van der Waals surface area contributed by atoms with Crippen LogP contribution in [0.1, 0.15) is 25.0 Å². The van der Waals surface area contributed by atoms with Gasteiger partial charge in [0.15, 0.2) is 6.61 Å². The highest BCUT2D eigenvalue weighted by molar-refractivity contribution is 9.10. The quantitative estimate of drug-likeness (QED) is 0.363. The molecule has 0 aliphatic heterocycles. The number of anilines is 1. The molecule has 0 N–H and O–H groups in total. The van der Waals surface area contributed by atoms with Crippen LogP contribution >= 0.6 is 15.9 Å². The van der Waals surface area contributed by atoms with E-state index in [4.69, 9.17) is 9.47 Å². The van der Waals surface area contributed by atoms with E-state index in [-0.39, 0.29) is 10.6 Å². The predicted octanol–water partition coefficient (Wildman–Crippen LogP) is 5.52. The second-order valence-electron chi connectivity index (χ2n) is 7.30. The summed E-state index contributed by atoms with van der Waals surface area (Å²) in [6.45, 7) is 5.74. The van der Waals surface area contributed by atoms with Gasteiger partial charge in [0.05, 0.1) is 17.2 Å². The van der Waals surface area contributed by atoms with Crippen molar-refractivity contribution in [1.82, 2.24) is 0 Å². The predicted molar refractivity (Wildman–Crippen MR) is 132 cm³/mol. The second kappa shape index (κ2) is 10.9. The number of carbonyl (C=O) groups excluding carboxylic acids is 1. The van der Waals surface area contributed by atoms with Crippen molar-refractivity contribution in [3.63, 3.8) is 0 Å². The molecule has 0 aromatic heterocycles. The van der Waals surface area contributed by atoms with Gasteiger partial charge in [-0.05, 0) is 80.4 Å². The first-order valence-corrected chi connectivity index (χ1v) is 12.8. The van der Waals surface area contributed by atoms with Crippen molar-refractivity contribution in [2.75, 3.05) is 17.5 Å². The number of benzene rings is 3. The summed E-state index contributed by atoms with van der Waals surface area (Å²) in [5, 5.41) is 0. The number of sulfonamides is 1. The molecule has 0 saturated heterocycles. The molecule has 1 amide bonds. The van der Waals surface area contributed by atoms with E-state index in [0.717, 1.165) is 19.9 Å². The van der Waals surface area contributed by atoms with Gasteiger partial charge >= 0.3 is 0 Å². The van der Waals surface area contributed by atoms with Crippen molar-refractivity contribution >= 4 is 37.5 Å². The van der Waals surface area contributed by atoms with Gasteiger partial charge in [-0.3, -0.25) is 4.79 Å². The minimum absolute atomic E-state index is 0.0215. The van der Waals surface area contributed by atoms with Crippen molar-refractivity contribution in [1.29, 1.82) is 0 Å². The normalized spacial score (nSPS) is 11.2. The topological polar surface area (TPSA) is 72.9 Å². The van der Waals surface area contributed by atoms with Crippen LogP contribution in [0, 0.1) is 6.92 Å². The first-order chi connectivity index (χ1) is 15.8. The Kier molecular flexibility index (Phi) is 8.15. The number of hydrogen-bond donors (Lipinski definition) is 0. The monoisotopic (exact) mass is 531 g/mol. The van der Waals surface area contributed by atoms with Gasteiger partial charge in [0.2, 0.25) is 0 Å². The van der Waals surface area contributed by atoms with Gasteiger partial charge in [-0.15, -0.1) is 0 Å². The highest BCUT2D eigenvalue weighted by Gasteiger charge is 2.31. The lowest BCUT2D eigenvalue weighted by Crippen LogP contribution is -2.40. The number of rotatable bonds is 9. The van der Waals surface area contributed by atoms with E-state index < -0.39 is 22.5 Å². The molecule has 174 valence electrons. The molecule has 0 fully saturated rings. The molecular weight excluding hydrogens is 506 g/mol. The highest BCUT2D eigenvalue weighted by Crippen LogP contribution is 2.28. The fourth-order valence-corrected chi connectivity index (χ4v) is 5.06. The summed E-state index contributed by atoms with van der Waals surface area (Å²) >= 11 is 3.42. The van der Waals surface area contributed by atoms with E-state index in [1.165, 1.54) is 12.1 Å². The first kappa shape index (κ1) is 24.8. The average molecular weight is 532 g/mol. The number of carbonyl (C=O) groups is 1. The maximum Gasteiger partial charge on any atom is 0.278 e. The molecule has 0 bridgehead atoms. The third-order valence-electron chi connectivity index (χ3n) is 4.92. The summed E-state index contributed by atoms with van der Waals surface area (Å²) in [5.41, 5.74) is 2.03. The summed E-state index contributed by atoms with van der Waals surface area (Å²) < 4.78 is 39.9. The van der Waals surface area contributed by atoms with Crippen LogP contribution < -0.4 is 13.8 Å². The summed E-state index contributed by atoms with van der Waals surface area (Å²) in [6, 6.07) is 18.2. The molecule has 0 radical (unpaired) electrons. The van der Waals surface area contributed by atoms with Crippen LogP contribution in [0.2, 0.25) is 0 Å². The SMILES string of the molecule is CCOc1ccc(N(C(=O)COc2ccc(Br)cc2CC)S(=O)(=O)c2ccc(C)cc2)cc1. The third-order valence-corrected chi connectivity index (χ3v) is 7.18. The molecule has 3 rings (SSSR count). The number of ether oxygens (including phenoxy) is 2. The molecule has 0 heterocycles. The molecule has 0 unspecified atom stereocenters. The third kappa shape index (κ3) is 5.94. The van der Waals surface area contributed by atoms with Crippen molar-refractivity contribution in [2.24, 2.45) is 0 Å². The van der Waals surface area contributed by atoms with Gasteiger partial charge in [-0.2, -0.15) is 4.31 Å². The fourth-order valence-electron chi connectivity index (χ4n) is 3.24. The zero-order valence-corrected chi connectivity index (χ0v) is 21.1. The number of halogens is 1. The first-order valence-electron chi connectivity index (χ1n) is 10.5. The highest BCUT2D eigenvalue weighted by atomic mass is 79.9. The maximum atomic E-state index is 13.5. The van der Waals surface area contributed by atoms with Crippen molar-refractivity contribution in [3.05, 3.63) is 82.3 Å². The van der Waals surface area contributed by atoms with E-state index in [1.807, 2.05) is 32.9 Å². The number of nitrogens with zero attached hydrogens (tertiary/aromatic N) is 1. The van der Waals surface area contributed by atoms with Crippen molar-refractivity contribution in [3.8, 4) is 11.5 Å². The Morgan fingerprint density at radius 3 is 2.21 bits per heavy atom. The molecule has 3 aromatic rings. The van der Waals surface area contributed by atoms with E-state index >= 15 is 0 Å². The molecule has 0 atom stereocenters. The lowest BCUT2D eigenvalue weighted by Gasteiger charge is -2.23. The van der Waals surface area contributed by atoms with Crippen LogP contribution in [0.25, 0.3) is 0 Å². The fraction of sp³-hybridized carbons (Fsp3) is 0.240. The summed E-state index contributed by atoms with van der Waals surface area (Å²) in [6.07, 6.45) is 0.702. The molecule has 0 aliphatic rings. The Hall–Kier alpha value is -2.84. The summed E-state index contributed by atoms with van der Waals surface area (Å²) in [4.78, 5) is 13.3. The minimum Gasteiger partial charge on any atom is -0.494 e. The lowest BCUT2D eigenvalue weighted by atomic mass is 10.1. The zero-order chi connectivity index (χ0) is 24.0. The Morgan fingerprint density at radius 2 is 1.61 bits per heavy atom. The maximum absolute atomic E-state index is 13.5. The Morgan fingerprint density at radius 1 is 0.939 bits per heavy atom. The van der Waals surface area contributed by atoms with Crippen molar-refractivity contribution < 1.29 is 22.7 Å². The molecule has 0 aliphatic carbocycles. The van der Waals surface area contributed by atoms with Crippen LogP contribution in [0.4, 0.5) is 5.69 Å².